The normalized spacial score (nSPS) is 12.2. The fraction of sp³-hybridized carbons (Fsp3) is 0.261. The van der Waals surface area contributed by atoms with Gasteiger partial charge in [0.1, 0.15) is 0 Å². The van der Waals surface area contributed by atoms with E-state index in [0.717, 1.165) is 11.1 Å². The summed E-state index contributed by atoms with van der Waals surface area (Å²) >= 11 is 0. The van der Waals surface area contributed by atoms with Crippen molar-refractivity contribution in [2.45, 2.75) is 33.0 Å². The van der Waals surface area contributed by atoms with Crippen molar-refractivity contribution >= 4 is 12.0 Å². The Morgan fingerprint density at radius 3 is 2.50 bits per heavy atom. The minimum Gasteiger partial charge on any atom is -0.493 e. The van der Waals surface area contributed by atoms with Gasteiger partial charge in [-0.2, -0.15) is 0 Å². The van der Waals surface area contributed by atoms with Gasteiger partial charge in [0.05, 0.1) is 13.2 Å². The third-order valence-corrected chi connectivity index (χ3v) is 4.06. The molecular weight excluding hydrogens is 384 g/mol. The Balaban J connectivity index is 1.62. The van der Waals surface area contributed by atoms with Crippen molar-refractivity contribution in [1.29, 1.82) is 0 Å². The smallest absolute Gasteiger partial charge is 0.331 e. The Bertz CT molecular complexity index is 1010. The second-order valence-electron chi connectivity index (χ2n) is 6.80. The van der Waals surface area contributed by atoms with Crippen LogP contribution in [0.25, 0.3) is 17.5 Å². The highest BCUT2D eigenvalue weighted by Gasteiger charge is 2.18. The number of benzene rings is 2. The number of carbonyl (C=O) groups excluding carboxylic acids is 1. The maximum absolute atomic E-state index is 12.2. The second kappa shape index (κ2) is 9.73. The third kappa shape index (κ3) is 5.47. The summed E-state index contributed by atoms with van der Waals surface area (Å²) in [6, 6.07) is 14.8. The molecule has 0 saturated heterocycles. The standard InChI is InChI=1S/C23H24N2O5/c1-15(2)28-19-12-10-17(14-20(19)27-4)11-13-21(26)29-16(3)22-24-25-23(30-22)18-8-6-5-7-9-18/h5-16H,1-4H3/b13-11+/t16-/m1/s1. The van der Waals surface area contributed by atoms with Gasteiger partial charge in [-0.05, 0) is 56.7 Å². The summed E-state index contributed by atoms with van der Waals surface area (Å²) in [5.41, 5.74) is 1.57. The lowest BCUT2D eigenvalue weighted by Gasteiger charge is -2.13. The molecule has 0 aliphatic carbocycles. The Kier molecular flexibility index (Phi) is 6.85. The molecule has 0 spiro atoms. The summed E-state index contributed by atoms with van der Waals surface area (Å²) in [6.45, 7) is 5.56. The van der Waals surface area contributed by atoms with Crippen molar-refractivity contribution in [2.24, 2.45) is 0 Å². The predicted octanol–water partition coefficient (Wildman–Crippen LogP) is 4.85. The van der Waals surface area contributed by atoms with E-state index >= 15 is 0 Å². The molecule has 2 aromatic carbocycles. The highest BCUT2D eigenvalue weighted by Crippen LogP contribution is 2.29. The molecule has 1 atom stereocenters. The summed E-state index contributed by atoms with van der Waals surface area (Å²) in [5.74, 6) is 1.31. The molecule has 1 heterocycles. The van der Waals surface area contributed by atoms with Crippen molar-refractivity contribution in [3.8, 4) is 23.0 Å². The molecule has 0 radical (unpaired) electrons. The van der Waals surface area contributed by atoms with Crippen molar-refractivity contribution in [1.82, 2.24) is 10.2 Å². The number of hydrogen-bond donors (Lipinski definition) is 0. The van der Waals surface area contributed by atoms with E-state index in [1.54, 1.807) is 32.2 Å². The van der Waals surface area contributed by atoms with Gasteiger partial charge in [0.25, 0.3) is 5.89 Å². The number of nitrogens with zero attached hydrogens (tertiary/aromatic N) is 2. The van der Waals surface area contributed by atoms with Gasteiger partial charge in [-0.25, -0.2) is 4.79 Å². The molecule has 0 unspecified atom stereocenters. The zero-order valence-electron chi connectivity index (χ0n) is 17.4. The average Bonchev–Trinajstić information content (AvgIpc) is 3.24. The average molecular weight is 408 g/mol. The van der Waals surface area contributed by atoms with E-state index in [4.69, 9.17) is 18.6 Å². The van der Waals surface area contributed by atoms with Gasteiger partial charge < -0.3 is 18.6 Å². The highest BCUT2D eigenvalue weighted by atomic mass is 16.6. The number of carbonyl (C=O) groups is 1. The molecular formula is C23H24N2O5. The molecule has 7 heteroatoms. The lowest BCUT2D eigenvalue weighted by molar-refractivity contribution is -0.143. The Labute approximate surface area is 175 Å². The summed E-state index contributed by atoms with van der Waals surface area (Å²) in [5, 5.41) is 7.98. The van der Waals surface area contributed by atoms with Crippen molar-refractivity contribution < 1.29 is 23.4 Å². The van der Waals surface area contributed by atoms with Gasteiger partial charge in [0, 0.05) is 11.6 Å². The monoisotopic (exact) mass is 408 g/mol. The number of aromatic nitrogens is 2. The van der Waals surface area contributed by atoms with Crippen LogP contribution < -0.4 is 9.47 Å². The van der Waals surface area contributed by atoms with Crippen LogP contribution in [0, 0.1) is 0 Å². The van der Waals surface area contributed by atoms with Gasteiger partial charge in [0.15, 0.2) is 17.6 Å². The third-order valence-electron chi connectivity index (χ3n) is 4.06. The zero-order valence-corrected chi connectivity index (χ0v) is 17.4. The maximum Gasteiger partial charge on any atom is 0.331 e. The molecule has 0 saturated carbocycles. The minimum atomic E-state index is -0.677. The molecule has 0 aliphatic rings. The fourth-order valence-corrected chi connectivity index (χ4v) is 2.66. The predicted molar refractivity (Wildman–Crippen MR) is 112 cm³/mol. The van der Waals surface area contributed by atoms with Crippen LogP contribution in [0.2, 0.25) is 0 Å². The summed E-state index contributed by atoms with van der Waals surface area (Å²) < 4.78 is 22.0. The van der Waals surface area contributed by atoms with Crippen molar-refractivity contribution in [3.63, 3.8) is 0 Å². The second-order valence-corrected chi connectivity index (χ2v) is 6.80. The Hall–Kier alpha value is -3.61. The molecule has 156 valence electrons. The lowest BCUT2D eigenvalue weighted by Crippen LogP contribution is -2.07. The SMILES string of the molecule is COc1cc(/C=C/C(=O)O[C@H](C)c2nnc(-c3ccccc3)o2)ccc1OC(C)C. The number of ether oxygens (including phenoxy) is 3. The van der Waals surface area contributed by atoms with Gasteiger partial charge in [-0.15, -0.1) is 10.2 Å². The summed E-state index contributed by atoms with van der Waals surface area (Å²) in [4.78, 5) is 12.2. The molecule has 3 rings (SSSR count). The lowest BCUT2D eigenvalue weighted by atomic mass is 10.2. The van der Waals surface area contributed by atoms with E-state index in [9.17, 15) is 4.79 Å². The van der Waals surface area contributed by atoms with Crippen LogP contribution >= 0.6 is 0 Å². The molecule has 3 aromatic rings. The van der Waals surface area contributed by atoms with Crippen molar-refractivity contribution in [2.75, 3.05) is 7.11 Å². The van der Waals surface area contributed by atoms with E-state index in [0.29, 0.717) is 17.4 Å². The van der Waals surface area contributed by atoms with Gasteiger partial charge in [0.2, 0.25) is 5.89 Å². The minimum absolute atomic E-state index is 0.0314. The van der Waals surface area contributed by atoms with E-state index in [1.807, 2.05) is 50.2 Å². The number of rotatable bonds is 8. The molecule has 0 fully saturated rings. The first-order chi connectivity index (χ1) is 14.5. The molecule has 30 heavy (non-hydrogen) atoms. The Morgan fingerprint density at radius 1 is 1.03 bits per heavy atom. The van der Waals surface area contributed by atoms with Crippen LogP contribution in [0.3, 0.4) is 0 Å². The van der Waals surface area contributed by atoms with Crippen LogP contribution in [-0.2, 0) is 9.53 Å². The molecule has 0 amide bonds. The molecule has 0 bridgehead atoms. The molecule has 0 aliphatic heterocycles. The first-order valence-electron chi connectivity index (χ1n) is 9.58. The van der Waals surface area contributed by atoms with Gasteiger partial charge >= 0.3 is 5.97 Å². The van der Waals surface area contributed by atoms with Crippen LogP contribution in [0.1, 0.15) is 38.3 Å². The van der Waals surface area contributed by atoms with Gasteiger partial charge in [-0.3, -0.25) is 0 Å². The molecule has 0 N–H and O–H groups in total. The van der Waals surface area contributed by atoms with Crippen LogP contribution in [0.15, 0.2) is 59.0 Å². The largest absolute Gasteiger partial charge is 0.493 e. The highest BCUT2D eigenvalue weighted by molar-refractivity contribution is 5.87. The van der Waals surface area contributed by atoms with E-state index in [2.05, 4.69) is 10.2 Å². The first-order valence-corrected chi connectivity index (χ1v) is 9.58. The van der Waals surface area contributed by atoms with E-state index in [-0.39, 0.29) is 12.0 Å². The molecule has 7 nitrogen and oxygen atoms in total. The molecule has 1 aromatic heterocycles. The van der Waals surface area contributed by atoms with Gasteiger partial charge in [-0.1, -0.05) is 24.3 Å². The first kappa shape index (κ1) is 21.1. The van der Waals surface area contributed by atoms with Crippen LogP contribution in [0.4, 0.5) is 0 Å². The topological polar surface area (TPSA) is 83.7 Å². The van der Waals surface area contributed by atoms with Crippen LogP contribution in [-0.4, -0.2) is 29.4 Å². The van der Waals surface area contributed by atoms with Crippen molar-refractivity contribution in [3.05, 3.63) is 66.1 Å². The summed E-state index contributed by atoms with van der Waals surface area (Å²) in [7, 11) is 1.57. The van der Waals surface area contributed by atoms with E-state index in [1.165, 1.54) is 6.08 Å². The van der Waals surface area contributed by atoms with Crippen LogP contribution in [0.5, 0.6) is 11.5 Å². The number of methoxy groups -OCH3 is 1. The summed E-state index contributed by atoms with van der Waals surface area (Å²) in [6.07, 6.45) is 2.33. The zero-order chi connectivity index (χ0) is 21.5. The number of esters is 1. The Morgan fingerprint density at radius 2 is 1.80 bits per heavy atom. The maximum atomic E-state index is 12.2. The fourth-order valence-electron chi connectivity index (χ4n) is 2.66. The van der Waals surface area contributed by atoms with E-state index < -0.39 is 12.1 Å². The quantitative estimate of drug-likeness (QED) is 0.389. The number of hydrogen-bond acceptors (Lipinski definition) is 7.